The molecule has 0 radical (unpaired) electrons. The van der Waals surface area contributed by atoms with Gasteiger partial charge < -0.3 is 30.4 Å². The summed E-state index contributed by atoms with van der Waals surface area (Å²) in [5, 5.41) is 2.93. The predicted octanol–water partition coefficient (Wildman–Crippen LogP) is 5.19. The van der Waals surface area contributed by atoms with Gasteiger partial charge in [0.05, 0.1) is 5.69 Å². The van der Waals surface area contributed by atoms with Crippen molar-refractivity contribution < 1.29 is 40.4 Å². The third kappa shape index (κ3) is 6.67. The van der Waals surface area contributed by atoms with E-state index >= 15 is 0 Å². The number of nitrogens with one attached hydrogen (secondary N) is 2. The summed E-state index contributed by atoms with van der Waals surface area (Å²) in [5.41, 5.74) is 11.6. The molecule has 0 spiro atoms. The third-order valence-corrected chi connectivity index (χ3v) is 6.67. The number of aromatic nitrogens is 1. The van der Waals surface area contributed by atoms with Crippen molar-refractivity contribution in [3.05, 3.63) is 77.6 Å². The number of fused-ring (bicyclic) bond motifs is 1. The Labute approximate surface area is 231 Å². The third-order valence-electron chi connectivity index (χ3n) is 6.67. The van der Waals surface area contributed by atoms with Crippen LogP contribution in [0.2, 0.25) is 0 Å². The molecule has 10 heteroatoms. The summed E-state index contributed by atoms with van der Waals surface area (Å²) in [5.74, 6) is 0.587. The number of aryl methyl sites for hydroxylation is 1. The van der Waals surface area contributed by atoms with Crippen molar-refractivity contribution >= 4 is 17.4 Å². The van der Waals surface area contributed by atoms with Gasteiger partial charge in [-0.25, -0.2) is 15.3 Å². The average Bonchev–Trinajstić information content (AvgIpc) is 3.40. The number of para-hydroxylation sites is 1. The number of benzene rings is 2. The minimum atomic E-state index is -0.534. The summed E-state index contributed by atoms with van der Waals surface area (Å²) in [6.07, 6.45) is 6.67. The van der Waals surface area contributed by atoms with Gasteiger partial charge in [-0.1, -0.05) is 30.3 Å². The van der Waals surface area contributed by atoms with Crippen LogP contribution in [0.1, 0.15) is 30.4 Å². The van der Waals surface area contributed by atoms with Crippen LogP contribution < -0.4 is 20.4 Å². The van der Waals surface area contributed by atoms with Gasteiger partial charge >= 0.3 is 6.03 Å². The summed E-state index contributed by atoms with van der Waals surface area (Å²) in [7, 11) is 1.33. The maximum atomic E-state index is 12.4. The van der Waals surface area contributed by atoms with Gasteiger partial charge in [0.2, 0.25) is 5.88 Å². The fraction of sp³-hybridized carbons (Fsp3) is 0.333. The molecule has 0 saturated carbocycles. The molecule has 1 aliphatic heterocycles. The standard InChI is InChI=1S/C27H30N5O4.W/c1-34-31-36-30-27(33)29-26-23-9-5-6-19(23)10-11-24(26)20-12-15-28-25(18-20)35-22-13-16-32(17-14-22)21-7-3-2-4-8-21;/h2-4,7-8,10-12,15,18,22H,5-6,9,13-14,16-17H2,1H3,(H2,29,30,33);/q-1;. The minimum Gasteiger partial charge on any atom is -0.474 e. The molecular formula is C27H30N5O4W-. The number of urea groups is 1. The summed E-state index contributed by atoms with van der Waals surface area (Å²) >= 11 is 0. The predicted molar refractivity (Wildman–Crippen MR) is 138 cm³/mol. The second-order valence-electron chi connectivity index (χ2n) is 8.91. The van der Waals surface area contributed by atoms with Crippen LogP contribution in [0.4, 0.5) is 16.2 Å². The Balaban J connectivity index is 0.00000320. The van der Waals surface area contributed by atoms with Crippen molar-refractivity contribution in [2.24, 2.45) is 0 Å². The molecule has 2 N–H and O–H groups in total. The van der Waals surface area contributed by atoms with E-state index in [1.165, 1.54) is 18.4 Å². The van der Waals surface area contributed by atoms with Crippen LogP contribution in [0.15, 0.2) is 60.8 Å². The van der Waals surface area contributed by atoms with E-state index in [4.69, 9.17) is 4.74 Å². The van der Waals surface area contributed by atoms with E-state index < -0.39 is 6.03 Å². The minimum absolute atomic E-state index is 0. The van der Waals surface area contributed by atoms with Gasteiger partial charge in [0.1, 0.15) is 6.10 Å². The van der Waals surface area contributed by atoms with Gasteiger partial charge in [-0.05, 0) is 54.2 Å². The van der Waals surface area contributed by atoms with Crippen LogP contribution in [-0.4, -0.2) is 37.3 Å². The van der Waals surface area contributed by atoms with E-state index in [1.54, 1.807) is 6.20 Å². The van der Waals surface area contributed by atoms with Crippen molar-refractivity contribution in [3.63, 3.8) is 0 Å². The van der Waals surface area contributed by atoms with E-state index in [1.807, 2.05) is 24.3 Å². The SMILES string of the molecule is CO[N-]ONC(=O)Nc1c(-c2ccnc(OC3CCN(c4ccccc4)CC3)c2)ccc2c1CCC2.[W]. The number of hydrogen-bond acceptors (Lipinski definition) is 6. The smallest absolute Gasteiger partial charge is 0.341 e. The molecule has 1 saturated heterocycles. The molecule has 194 valence electrons. The van der Waals surface area contributed by atoms with Gasteiger partial charge in [-0.3, -0.25) is 0 Å². The topological polar surface area (TPSA) is 99.0 Å². The number of rotatable bonds is 8. The molecule has 3 aromatic rings. The van der Waals surface area contributed by atoms with Crippen LogP contribution in [0, 0.1) is 0 Å². The number of carbonyl (C=O) groups is 1. The number of pyridine rings is 1. The van der Waals surface area contributed by atoms with Gasteiger partial charge in [0.25, 0.3) is 0 Å². The molecule has 2 heterocycles. The van der Waals surface area contributed by atoms with Gasteiger partial charge in [0, 0.05) is 77.6 Å². The molecule has 37 heavy (non-hydrogen) atoms. The quantitative estimate of drug-likeness (QED) is 0.253. The average molecular weight is 672 g/mol. The first-order valence-corrected chi connectivity index (χ1v) is 12.3. The number of piperidine rings is 1. The van der Waals surface area contributed by atoms with E-state index in [0.717, 1.165) is 67.6 Å². The second kappa shape index (κ2) is 13.0. The Morgan fingerprint density at radius 1 is 1.08 bits per heavy atom. The van der Waals surface area contributed by atoms with Crippen molar-refractivity contribution in [1.29, 1.82) is 0 Å². The Kier molecular flexibility index (Phi) is 9.52. The summed E-state index contributed by atoms with van der Waals surface area (Å²) in [6.45, 7) is 1.89. The maximum Gasteiger partial charge on any atom is 0.341 e. The molecule has 1 aromatic heterocycles. The van der Waals surface area contributed by atoms with Crippen LogP contribution in [-0.2, 0) is 43.7 Å². The van der Waals surface area contributed by atoms with E-state index in [9.17, 15) is 4.79 Å². The van der Waals surface area contributed by atoms with Crippen LogP contribution in [0.25, 0.3) is 16.8 Å². The number of carbonyl (C=O) groups excluding carboxylic acids is 1. The maximum absolute atomic E-state index is 12.4. The Morgan fingerprint density at radius 3 is 2.68 bits per heavy atom. The molecule has 2 aromatic carbocycles. The van der Waals surface area contributed by atoms with Gasteiger partial charge in [-0.15, -0.1) is 0 Å². The van der Waals surface area contributed by atoms with Crippen LogP contribution in [0.5, 0.6) is 5.88 Å². The van der Waals surface area contributed by atoms with Crippen LogP contribution in [0.3, 0.4) is 0 Å². The first-order valence-electron chi connectivity index (χ1n) is 12.3. The van der Waals surface area contributed by atoms with Crippen molar-refractivity contribution in [1.82, 2.24) is 10.5 Å². The second-order valence-corrected chi connectivity index (χ2v) is 8.91. The zero-order valence-electron chi connectivity index (χ0n) is 20.7. The van der Waals surface area contributed by atoms with E-state index in [2.05, 4.69) is 66.4 Å². The number of hydrogen-bond donors (Lipinski definition) is 2. The Morgan fingerprint density at radius 2 is 1.89 bits per heavy atom. The van der Waals surface area contributed by atoms with Crippen molar-refractivity contribution in [2.75, 3.05) is 30.4 Å². The molecule has 0 bridgehead atoms. The van der Waals surface area contributed by atoms with Crippen molar-refractivity contribution in [2.45, 2.75) is 38.2 Å². The largest absolute Gasteiger partial charge is 0.474 e. The Bertz CT molecular complexity index is 1190. The first kappa shape index (κ1) is 27.1. The number of hydroxylamine groups is 1. The van der Waals surface area contributed by atoms with Crippen molar-refractivity contribution in [3.8, 4) is 17.0 Å². The molecule has 0 atom stereocenters. The summed E-state index contributed by atoms with van der Waals surface area (Å²) in [4.78, 5) is 28.4. The van der Waals surface area contributed by atoms with Gasteiger partial charge in [-0.2, -0.15) is 0 Å². The zero-order valence-corrected chi connectivity index (χ0v) is 23.6. The fourth-order valence-corrected chi connectivity index (χ4v) is 4.97. The van der Waals surface area contributed by atoms with Gasteiger partial charge in [0.15, 0.2) is 0 Å². The Hall–Kier alpha value is -2.97. The summed E-state index contributed by atoms with van der Waals surface area (Å²) in [6, 6.07) is 18.0. The molecule has 0 unspecified atom stereocenters. The zero-order chi connectivity index (χ0) is 24.7. The number of nitrogens with zero attached hydrogens (tertiary/aromatic N) is 3. The monoisotopic (exact) mass is 672 g/mol. The molecular weight excluding hydrogens is 642 g/mol. The molecule has 1 fully saturated rings. The normalized spacial score (nSPS) is 15.0. The fourth-order valence-electron chi connectivity index (χ4n) is 4.97. The number of anilines is 2. The molecule has 5 rings (SSSR count). The molecule has 9 nitrogen and oxygen atoms in total. The van der Waals surface area contributed by atoms with E-state index in [-0.39, 0.29) is 27.2 Å². The van der Waals surface area contributed by atoms with E-state index in [0.29, 0.717) is 5.88 Å². The molecule has 2 amide bonds. The summed E-state index contributed by atoms with van der Waals surface area (Å²) < 4.78 is 6.30. The first-order chi connectivity index (χ1) is 17.7. The number of ether oxygens (including phenoxy) is 1. The molecule has 1 aliphatic carbocycles. The molecule has 2 aliphatic rings. The number of amides is 2. The van der Waals surface area contributed by atoms with Crippen LogP contribution >= 0.6 is 0 Å².